The number of nitro benzene ring substituents is 1. The Balaban J connectivity index is 2.66. The lowest BCUT2D eigenvalue weighted by atomic mass is 9.77. The summed E-state index contributed by atoms with van der Waals surface area (Å²) >= 11 is 0. The summed E-state index contributed by atoms with van der Waals surface area (Å²) in [6.07, 6.45) is 8.93. The van der Waals surface area contributed by atoms with Crippen LogP contribution in [-0.4, -0.2) is 40.7 Å². The SMILES string of the molecule is CCCCCN(C(C)=O)c1cc2c(cc1[N+](=O)[O-])OC(CCCC)(CCCC)C(O)C2NCCCC. The Morgan fingerprint density at radius 1 is 1.06 bits per heavy atom. The van der Waals surface area contributed by atoms with Gasteiger partial charge in [-0.3, -0.25) is 14.9 Å². The molecule has 0 bridgehead atoms. The van der Waals surface area contributed by atoms with Crippen LogP contribution >= 0.6 is 0 Å². The van der Waals surface area contributed by atoms with Crippen LogP contribution in [0.25, 0.3) is 0 Å². The molecular weight excluding hydrogens is 458 g/mol. The van der Waals surface area contributed by atoms with E-state index in [0.717, 1.165) is 57.8 Å². The average Bonchev–Trinajstić information content (AvgIpc) is 2.85. The van der Waals surface area contributed by atoms with Gasteiger partial charge in [0.05, 0.1) is 17.0 Å². The lowest BCUT2D eigenvalue weighted by Gasteiger charge is -2.47. The van der Waals surface area contributed by atoms with E-state index in [4.69, 9.17) is 4.74 Å². The summed E-state index contributed by atoms with van der Waals surface area (Å²) in [6, 6.07) is 2.75. The molecule has 1 aliphatic heterocycles. The summed E-state index contributed by atoms with van der Waals surface area (Å²) in [4.78, 5) is 25.8. The normalized spacial score (nSPS) is 18.4. The first kappa shape index (κ1) is 30.0. The molecule has 0 saturated carbocycles. The van der Waals surface area contributed by atoms with Gasteiger partial charge in [-0.05, 0) is 51.1 Å². The molecule has 2 atom stereocenters. The monoisotopic (exact) mass is 505 g/mol. The van der Waals surface area contributed by atoms with Gasteiger partial charge in [0, 0.05) is 19.0 Å². The number of rotatable bonds is 16. The van der Waals surface area contributed by atoms with Gasteiger partial charge in [-0.2, -0.15) is 0 Å². The largest absolute Gasteiger partial charge is 0.484 e. The van der Waals surface area contributed by atoms with Crippen LogP contribution in [0.5, 0.6) is 5.75 Å². The smallest absolute Gasteiger partial charge is 0.296 e. The number of ether oxygens (including phenoxy) is 1. The molecule has 2 unspecified atom stereocenters. The summed E-state index contributed by atoms with van der Waals surface area (Å²) in [5, 5.41) is 27.5. The number of nitrogens with zero attached hydrogens (tertiary/aromatic N) is 2. The van der Waals surface area contributed by atoms with E-state index in [0.29, 0.717) is 37.2 Å². The van der Waals surface area contributed by atoms with Gasteiger partial charge in [0.1, 0.15) is 23.1 Å². The first-order valence-corrected chi connectivity index (χ1v) is 14.0. The van der Waals surface area contributed by atoms with E-state index >= 15 is 0 Å². The molecule has 2 rings (SSSR count). The number of anilines is 1. The Morgan fingerprint density at radius 3 is 2.19 bits per heavy atom. The molecule has 2 N–H and O–H groups in total. The molecule has 204 valence electrons. The number of aliphatic hydroxyl groups excluding tert-OH is 1. The maximum atomic E-state index is 12.6. The van der Waals surface area contributed by atoms with Gasteiger partial charge in [0.15, 0.2) is 0 Å². The molecule has 0 fully saturated rings. The Hall–Kier alpha value is -2.19. The van der Waals surface area contributed by atoms with Gasteiger partial charge in [0.2, 0.25) is 5.91 Å². The van der Waals surface area contributed by atoms with Crippen LogP contribution in [0.4, 0.5) is 11.4 Å². The van der Waals surface area contributed by atoms with Crippen LogP contribution in [0.3, 0.4) is 0 Å². The summed E-state index contributed by atoms with van der Waals surface area (Å²) in [5.74, 6) is 0.205. The van der Waals surface area contributed by atoms with E-state index in [1.807, 2.05) is 0 Å². The number of nitro groups is 1. The highest BCUT2D eigenvalue weighted by molar-refractivity contribution is 5.94. The van der Waals surface area contributed by atoms with Gasteiger partial charge >= 0.3 is 0 Å². The third-order valence-corrected chi connectivity index (χ3v) is 7.26. The fourth-order valence-corrected chi connectivity index (χ4v) is 5.12. The fourth-order valence-electron chi connectivity index (χ4n) is 5.12. The van der Waals surface area contributed by atoms with Crippen molar-refractivity contribution in [2.75, 3.05) is 18.0 Å². The zero-order chi connectivity index (χ0) is 26.7. The molecule has 1 aromatic rings. The van der Waals surface area contributed by atoms with Crippen molar-refractivity contribution in [1.82, 2.24) is 5.32 Å². The number of aliphatic hydroxyl groups is 1. The van der Waals surface area contributed by atoms with Crippen LogP contribution in [0, 0.1) is 10.1 Å². The number of unbranched alkanes of at least 4 members (excludes halogenated alkanes) is 5. The van der Waals surface area contributed by atoms with Crippen LogP contribution in [0.2, 0.25) is 0 Å². The maximum absolute atomic E-state index is 12.6. The van der Waals surface area contributed by atoms with Crippen molar-refractivity contribution < 1.29 is 19.6 Å². The average molecular weight is 506 g/mol. The summed E-state index contributed by atoms with van der Waals surface area (Å²) < 4.78 is 6.56. The highest BCUT2D eigenvalue weighted by atomic mass is 16.6. The molecule has 8 nitrogen and oxygen atoms in total. The van der Waals surface area contributed by atoms with Crippen LogP contribution in [0.15, 0.2) is 12.1 Å². The second-order valence-electron chi connectivity index (χ2n) is 10.1. The van der Waals surface area contributed by atoms with Gasteiger partial charge < -0.3 is 20.1 Å². The zero-order valence-electron chi connectivity index (χ0n) is 23.0. The predicted octanol–water partition coefficient (Wildman–Crippen LogP) is 6.44. The van der Waals surface area contributed by atoms with Crippen LogP contribution in [-0.2, 0) is 4.79 Å². The van der Waals surface area contributed by atoms with Crippen molar-refractivity contribution >= 4 is 17.3 Å². The standard InChI is InChI=1S/C28H47N3O5/c1-6-10-14-18-30(21(5)32)23-19-22-25(20-24(23)31(34)35)36-28(15-11-7-2,16-12-8-3)27(33)26(22)29-17-13-9-4/h19-20,26-27,29,33H,6-18H2,1-5H3. The first-order valence-electron chi connectivity index (χ1n) is 14.0. The van der Waals surface area contributed by atoms with E-state index < -0.39 is 22.7 Å². The number of carbonyl (C=O) groups excluding carboxylic acids is 1. The van der Waals surface area contributed by atoms with Crippen molar-refractivity contribution in [3.63, 3.8) is 0 Å². The highest BCUT2D eigenvalue weighted by Gasteiger charge is 2.49. The second kappa shape index (κ2) is 14.5. The van der Waals surface area contributed by atoms with Crippen molar-refractivity contribution in [3.8, 4) is 5.75 Å². The van der Waals surface area contributed by atoms with E-state index in [-0.39, 0.29) is 17.3 Å². The number of fused-ring (bicyclic) bond motifs is 1. The molecule has 0 aliphatic carbocycles. The molecule has 0 spiro atoms. The molecule has 0 aromatic heterocycles. The third kappa shape index (κ3) is 7.19. The number of carbonyl (C=O) groups is 1. The lowest BCUT2D eigenvalue weighted by Crippen LogP contribution is -2.56. The van der Waals surface area contributed by atoms with E-state index in [1.54, 1.807) is 6.07 Å². The molecule has 36 heavy (non-hydrogen) atoms. The molecular formula is C28H47N3O5. The zero-order valence-corrected chi connectivity index (χ0v) is 23.0. The Labute approximate surface area is 216 Å². The van der Waals surface area contributed by atoms with Crippen molar-refractivity contribution in [3.05, 3.63) is 27.8 Å². The predicted molar refractivity (Wildman–Crippen MR) is 145 cm³/mol. The second-order valence-corrected chi connectivity index (χ2v) is 10.1. The number of hydrogen-bond donors (Lipinski definition) is 2. The number of hydrogen-bond acceptors (Lipinski definition) is 6. The molecule has 1 aromatic carbocycles. The van der Waals surface area contributed by atoms with Crippen molar-refractivity contribution in [2.45, 2.75) is 123 Å². The van der Waals surface area contributed by atoms with Crippen molar-refractivity contribution in [1.29, 1.82) is 0 Å². The van der Waals surface area contributed by atoms with E-state index in [9.17, 15) is 20.0 Å². The summed E-state index contributed by atoms with van der Waals surface area (Å²) in [5.41, 5.74) is 0.0170. The van der Waals surface area contributed by atoms with Gasteiger partial charge in [0.25, 0.3) is 5.69 Å². The van der Waals surface area contributed by atoms with Crippen LogP contribution in [0.1, 0.15) is 117 Å². The maximum Gasteiger partial charge on any atom is 0.296 e. The number of benzene rings is 1. The number of amides is 1. The van der Waals surface area contributed by atoms with Gasteiger partial charge in [-0.1, -0.05) is 59.8 Å². The molecule has 0 saturated heterocycles. The quantitative estimate of drug-likeness (QED) is 0.152. The Bertz CT molecular complexity index is 852. The number of nitrogens with one attached hydrogen (secondary N) is 1. The minimum Gasteiger partial charge on any atom is -0.484 e. The minimum atomic E-state index is -0.806. The van der Waals surface area contributed by atoms with E-state index in [2.05, 4.69) is 33.0 Å². The van der Waals surface area contributed by atoms with E-state index in [1.165, 1.54) is 17.9 Å². The fraction of sp³-hybridized carbons (Fsp3) is 0.750. The Morgan fingerprint density at radius 2 is 1.67 bits per heavy atom. The van der Waals surface area contributed by atoms with Crippen LogP contribution < -0.4 is 15.0 Å². The van der Waals surface area contributed by atoms with Crippen molar-refractivity contribution in [2.24, 2.45) is 0 Å². The Kier molecular flexibility index (Phi) is 12.1. The molecule has 8 heteroatoms. The van der Waals surface area contributed by atoms with Gasteiger partial charge in [-0.25, -0.2) is 0 Å². The molecule has 0 radical (unpaired) electrons. The first-order chi connectivity index (χ1) is 17.3. The highest BCUT2D eigenvalue weighted by Crippen LogP contribution is 2.48. The third-order valence-electron chi connectivity index (χ3n) is 7.26. The molecule has 1 aliphatic rings. The minimum absolute atomic E-state index is 0.135. The summed E-state index contributed by atoms with van der Waals surface area (Å²) in [6.45, 7) is 11.0. The topological polar surface area (TPSA) is 105 Å². The summed E-state index contributed by atoms with van der Waals surface area (Å²) in [7, 11) is 0. The lowest BCUT2D eigenvalue weighted by molar-refractivity contribution is -0.384. The van der Waals surface area contributed by atoms with Gasteiger partial charge in [-0.15, -0.1) is 0 Å². The molecule has 1 amide bonds. The molecule has 1 heterocycles.